The summed E-state index contributed by atoms with van der Waals surface area (Å²) in [7, 11) is 0. The number of fused-ring (bicyclic) bond motifs is 1. The zero-order chi connectivity index (χ0) is 26.4. The number of nitrogens with zero attached hydrogens (tertiary/aromatic N) is 3. The van der Waals surface area contributed by atoms with Crippen molar-refractivity contribution in [3.05, 3.63) is 58.7 Å². The fourth-order valence-corrected chi connectivity index (χ4v) is 4.88. The van der Waals surface area contributed by atoms with Crippen LogP contribution in [-0.4, -0.2) is 46.8 Å². The maximum atomic E-state index is 12.7. The number of amides is 1. The first kappa shape index (κ1) is 26.5. The molecule has 0 aromatic heterocycles. The molecule has 0 atom stereocenters. The molecule has 37 heavy (non-hydrogen) atoms. The Kier molecular flexibility index (Phi) is 8.66. The molecule has 2 heterocycles. The molecule has 0 saturated heterocycles. The molecule has 1 N–H and O–H groups in total. The van der Waals surface area contributed by atoms with E-state index in [-0.39, 0.29) is 11.4 Å². The van der Waals surface area contributed by atoms with Gasteiger partial charge >= 0.3 is 0 Å². The van der Waals surface area contributed by atoms with E-state index >= 15 is 0 Å². The van der Waals surface area contributed by atoms with Crippen molar-refractivity contribution in [2.45, 2.75) is 47.0 Å². The number of hydrogen-bond acceptors (Lipinski definition) is 7. The molecule has 2 aromatic rings. The van der Waals surface area contributed by atoms with Gasteiger partial charge in [-0.15, -0.1) is 0 Å². The summed E-state index contributed by atoms with van der Waals surface area (Å²) in [4.78, 5) is 16.9. The van der Waals surface area contributed by atoms with Gasteiger partial charge in [0, 0.05) is 0 Å². The number of benzene rings is 2. The third kappa shape index (κ3) is 6.22. The van der Waals surface area contributed by atoms with Crippen molar-refractivity contribution >= 4 is 39.8 Å². The number of unbranched alkanes of at least 4 members (excludes halogenated alkanes) is 1. The number of aryl methyl sites for hydroxylation is 2. The number of thioether (sulfide) groups is 1. The third-order valence-electron chi connectivity index (χ3n) is 5.82. The smallest absolute Gasteiger partial charge is 0.283 e. The third-order valence-corrected chi connectivity index (χ3v) is 6.78. The number of ether oxygens (including phenoxy) is 3. The molecule has 0 fully saturated rings. The highest BCUT2D eigenvalue weighted by Crippen LogP contribution is 2.32. The van der Waals surface area contributed by atoms with E-state index in [1.165, 1.54) is 16.8 Å². The molecule has 0 unspecified atom stereocenters. The lowest BCUT2D eigenvalue weighted by Crippen LogP contribution is -2.35. The van der Waals surface area contributed by atoms with Gasteiger partial charge in [0.2, 0.25) is 5.17 Å². The first-order valence-electron chi connectivity index (χ1n) is 12.5. The monoisotopic (exact) mass is 520 g/mol. The number of para-hydroxylation sites is 1. The quantitative estimate of drug-likeness (QED) is 0.290. The van der Waals surface area contributed by atoms with Crippen LogP contribution in [0, 0.1) is 19.3 Å². The number of carbonyl (C=O) groups excluding carboxylic acids is 1. The Morgan fingerprint density at radius 1 is 1.03 bits per heavy atom. The van der Waals surface area contributed by atoms with Crippen LogP contribution in [0.25, 0.3) is 6.08 Å². The molecule has 8 nitrogen and oxygen atoms in total. The van der Waals surface area contributed by atoms with E-state index in [1.54, 1.807) is 18.2 Å². The Morgan fingerprint density at radius 2 is 1.78 bits per heavy atom. The molecule has 0 bridgehead atoms. The second-order valence-corrected chi connectivity index (χ2v) is 9.71. The van der Waals surface area contributed by atoms with Crippen LogP contribution in [0.5, 0.6) is 17.2 Å². The van der Waals surface area contributed by atoms with Crippen LogP contribution in [0.1, 0.15) is 49.8 Å². The molecule has 4 rings (SSSR count). The molecule has 0 radical (unpaired) electrons. The molecular weight excluding hydrogens is 488 g/mol. The average Bonchev–Trinajstić information content (AvgIpc) is 3.28. The highest BCUT2D eigenvalue weighted by molar-refractivity contribution is 8.26. The Balaban J connectivity index is 1.46. The lowest BCUT2D eigenvalue weighted by molar-refractivity contribution is -0.114. The van der Waals surface area contributed by atoms with Crippen molar-refractivity contribution in [3.63, 3.8) is 0 Å². The average molecular weight is 521 g/mol. The number of hydrogen-bond donors (Lipinski definition) is 1. The minimum Gasteiger partial charge on any atom is -0.490 e. The Hall–Kier alpha value is -3.59. The van der Waals surface area contributed by atoms with Crippen LogP contribution in [0.3, 0.4) is 0 Å². The van der Waals surface area contributed by atoms with E-state index in [0.717, 1.165) is 41.2 Å². The van der Waals surface area contributed by atoms with Crippen molar-refractivity contribution in [2.75, 3.05) is 19.8 Å². The SMILES string of the molecule is CCCCC1=NN2C(=N)/C(=C/c3ccc(OCCOc4c(C)cccc4C)c(OCC)c3)C(=O)N=C2S1. The fraction of sp³-hybridized carbons (Fsp3) is 0.357. The minimum atomic E-state index is -0.447. The second-order valence-electron chi connectivity index (χ2n) is 8.67. The number of rotatable bonds is 11. The standard InChI is InChI=1S/C28H32N4O4S/c1-5-7-11-24-31-32-26(29)21(27(33)30-28(32)37-24)16-20-12-13-22(23(17-20)34-6-2)35-14-15-36-25-18(3)9-8-10-19(25)4/h8-10,12-13,16-17,29H,5-7,11,14-15H2,1-4H3/b21-16-,29-26?. The minimum absolute atomic E-state index is 0.0240. The molecule has 2 aromatic carbocycles. The van der Waals surface area contributed by atoms with E-state index in [2.05, 4.69) is 17.0 Å². The van der Waals surface area contributed by atoms with Gasteiger partial charge in [-0.3, -0.25) is 10.2 Å². The Morgan fingerprint density at radius 3 is 2.51 bits per heavy atom. The summed E-state index contributed by atoms with van der Waals surface area (Å²) in [5, 5.41) is 15.8. The summed E-state index contributed by atoms with van der Waals surface area (Å²) in [5.41, 5.74) is 3.06. The zero-order valence-corrected chi connectivity index (χ0v) is 22.5. The maximum absolute atomic E-state index is 12.7. The summed E-state index contributed by atoms with van der Waals surface area (Å²) in [6, 6.07) is 11.5. The van der Waals surface area contributed by atoms with Crippen LogP contribution in [0.2, 0.25) is 0 Å². The highest BCUT2D eigenvalue weighted by Gasteiger charge is 2.35. The second kappa shape index (κ2) is 12.1. The number of aliphatic imine (C=N–C) groups is 1. The molecule has 0 spiro atoms. The molecular formula is C28H32N4O4S. The number of nitrogens with one attached hydrogen (secondary N) is 1. The van der Waals surface area contributed by atoms with E-state index in [1.807, 2.05) is 45.0 Å². The summed E-state index contributed by atoms with van der Waals surface area (Å²) < 4.78 is 17.7. The molecule has 1 amide bonds. The Bertz CT molecular complexity index is 1260. The van der Waals surface area contributed by atoms with E-state index < -0.39 is 5.91 Å². The van der Waals surface area contributed by atoms with Crippen LogP contribution < -0.4 is 14.2 Å². The molecule has 194 valence electrons. The lowest BCUT2D eigenvalue weighted by atomic mass is 10.1. The van der Waals surface area contributed by atoms with Crippen molar-refractivity contribution in [1.29, 1.82) is 5.41 Å². The van der Waals surface area contributed by atoms with Gasteiger partial charge in [-0.1, -0.05) is 37.6 Å². The van der Waals surface area contributed by atoms with Crippen molar-refractivity contribution in [1.82, 2.24) is 5.01 Å². The van der Waals surface area contributed by atoms with E-state index in [9.17, 15) is 4.79 Å². The molecule has 0 saturated carbocycles. The molecule has 2 aliphatic rings. The van der Waals surface area contributed by atoms with Crippen molar-refractivity contribution in [3.8, 4) is 17.2 Å². The zero-order valence-electron chi connectivity index (χ0n) is 21.7. The predicted octanol–water partition coefficient (Wildman–Crippen LogP) is 5.97. The molecule has 9 heteroatoms. The fourth-order valence-electron chi connectivity index (χ4n) is 3.95. The number of amidine groups is 2. The predicted molar refractivity (Wildman–Crippen MR) is 149 cm³/mol. The van der Waals surface area contributed by atoms with E-state index in [0.29, 0.717) is 42.1 Å². The topological polar surface area (TPSA) is 96.6 Å². The number of hydrazone groups is 1. The van der Waals surface area contributed by atoms with Crippen molar-refractivity contribution in [2.24, 2.45) is 10.1 Å². The van der Waals surface area contributed by atoms with Gasteiger partial charge in [-0.2, -0.15) is 15.1 Å². The largest absolute Gasteiger partial charge is 0.490 e. The van der Waals surface area contributed by atoms with Crippen molar-refractivity contribution < 1.29 is 19.0 Å². The number of carbonyl (C=O) groups is 1. The van der Waals surface area contributed by atoms with Gasteiger partial charge in [0.15, 0.2) is 17.3 Å². The lowest BCUT2D eigenvalue weighted by Gasteiger charge is -2.20. The van der Waals surface area contributed by atoms with Gasteiger partial charge < -0.3 is 14.2 Å². The van der Waals surface area contributed by atoms with Crippen LogP contribution in [0.4, 0.5) is 0 Å². The maximum Gasteiger partial charge on any atom is 0.283 e. The van der Waals surface area contributed by atoms with Gasteiger partial charge in [0.25, 0.3) is 5.91 Å². The first-order valence-corrected chi connectivity index (χ1v) is 13.3. The molecule has 2 aliphatic heterocycles. The summed E-state index contributed by atoms with van der Waals surface area (Å²) in [6.07, 6.45) is 4.51. The summed E-state index contributed by atoms with van der Waals surface area (Å²) >= 11 is 1.36. The van der Waals surface area contributed by atoms with Crippen LogP contribution in [0.15, 0.2) is 52.1 Å². The molecule has 0 aliphatic carbocycles. The Labute approximate surface area is 221 Å². The normalized spacial score (nSPS) is 16.0. The van der Waals surface area contributed by atoms with Gasteiger partial charge in [-0.05, 0) is 80.3 Å². The van der Waals surface area contributed by atoms with Crippen LogP contribution in [-0.2, 0) is 4.79 Å². The van der Waals surface area contributed by atoms with Crippen LogP contribution >= 0.6 is 11.8 Å². The van der Waals surface area contributed by atoms with Gasteiger partial charge in [0.1, 0.15) is 24.0 Å². The summed E-state index contributed by atoms with van der Waals surface area (Å²) in [6.45, 7) is 9.25. The van der Waals surface area contributed by atoms with E-state index in [4.69, 9.17) is 19.6 Å². The van der Waals surface area contributed by atoms with Gasteiger partial charge in [0.05, 0.1) is 12.2 Å². The van der Waals surface area contributed by atoms with Gasteiger partial charge in [-0.25, -0.2) is 0 Å². The summed E-state index contributed by atoms with van der Waals surface area (Å²) in [5.74, 6) is 1.59. The first-order chi connectivity index (χ1) is 17.9. The highest BCUT2D eigenvalue weighted by atomic mass is 32.2.